The highest BCUT2D eigenvalue weighted by Gasteiger charge is 2.55. The average molecular weight is 363 g/mol. The van der Waals surface area contributed by atoms with Gasteiger partial charge in [0, 0.05) is 30.9 Å². The van der Waals surface area contributed by atoms with Crippen molar-refractivity contribution in [3.63, 3.8) is 0 Å². The SMILES string of the molecule is O=C(O)[C@@H]1CN(S(=O)(=O)c2c[nH]c3ncccc23)C[C@H]1C(F)(F)F. The van der Waals surface area contributed by atoms with E-state index < -0.39 is 47.1 Å². The maximum atomic E-state index is 13.0. The van der Waals surface area contributed by atoms with Gasteiger partial charge in [-0.15, -0.1) is 0 Å². The van der Waals surface area contributed by atoms with Crippen molar-refractivity contribution in [2.75, 3.05) is 13.1 Å². The van der Waals surface area contributed by atoms with Crippen molar-refractivity contribution in [2.24, 2.45) is 11.8 Å². The van der Waals surface area contributed by atoms with E-state index in [-0.39, 0.29) is 15.9 Å². The predicted molar refractivity (Wildman–Crippen MR) is 75.5 cm³/mol. The van der Waals surface area contributed by atoms with E-state index in [1.165, 1.54) is 18.3 Å². The highest BCUT2D eigenvalue weighted by molar-refractivity contribution is 7.89. The van der Waals surface area contributed by atoms with Gasteiger partial charge < -0.3 is 10.1 Å². The lowest BCUT2D eigenvalue weighted by Gasteiger charge is -2.18. The molecule has 2 N–H and O–H groups in total. The molecule has 11 heteroatoms. The molecule has 7 nitrogen and oxygen atoms in total. The Morgan fingerprint density at radius 2 is 2.08 bits per heavy atom. The second-order valence-electron chi connectivity index (χ2n) is 5.47. The monoisotopic (exact) mass is 363 g/mol. The highest BCUT2D eigenvalue weighted by Crippen LogP contribution is 2.40. The van der Waals surface area contributed by atoms with Crippen LogP contribution in [-0.4, -0.2) is 53.0 Å². The van der Waals surface area contributed by atoms with Crippen molar-refractivity contribution in [2.45, 2.75) is 11.1 Å². The molecule has 0 aromatic carbocycles. The van der Waals surface area contributed by atoms with Crippen molar-refractivity contribution in [1.29, 1.82) is 0 Å². The molecule has 1 aliphatic rings. The van der Waals surface area contributed by atoms with Gasteiger partial charge in [-0.2, -0.15) is 17.5 Å². The summed E-state index contributed by atoms with van der Waals surface area (Å²) in [5, 5.41) is 9.23. The minimum Gasteiger partial charge on any atom is -0.481 e. The second kappa shape index (κ2) is 5.45. The number of hydrogen-bond donors (Lipinski definition) is 2. The van der Waals surface area contributed by atoms with E-state index in [9.17, 15) is 26.4 Å². The number of halogens is 3. The number of carboxylic acid groups (broad SMARTS) is 1. The quantitative estimate of drug-likeness (QED) is 0.859. The van der Waals surface area contributed by atoms with Crippen LogP contribution in [0.2, 0.25) is 0 Å². The van der Waals surface area contributed by atoms with E-state index in [4.69, 9.17) is 5.11 Å². The Labute approximate surface area is 134 Å². The number of aliphatic carboxylic acids is 1. The number of hydrogen-bond acceptors (Lipinski definition) is 4. The molecule has 3 rings (SSSR count). The Bertz CT molecular complexity index is 893. The van der Waals surface area contributed by atoms with E-state index in [0.717, 1.165) is 6.20 Å². The molecule has 3 heterocycles. The summed E-state index contributed by atoms with van der Waals surface area (Å²) in [6.07, 6.45) is -2.22. The van der Waals surface area contributed by atoms with Crippen LogP contribution in [0.4, 0.5) is 13.2 Å². The van der Waals surface area contributed by atoms with Crippen LogP contribution in [0.5, 0.6) is 0 Å². The predicted octanol–water partition coefficient (Wildman–Crippen LogP) is 1.45. The van der Waals surface area contributed by atoms with Crippen molar-refractivity contribution in [1.82, 2.24) is 14.3 Å². The third kappa shape index (κ3) is 2.63. The summed E-state index contributed by atoms with van der Waals surface area (Å²) in [5.74, 6) is -5.74. The molecular formula is C13H12F3N3O4S. The molecule has 2 aromatic rings. The molecule has 1 saturated heterocycles. The minimum atomic E-state index is -4.80. The van der Waals surface area contributed by atoms with Crippen LogP contribution in [0.1, 0.15) is 0 Å². The summed E-state index contributed by atoms with van der Waals surface area (Å²) in [6, 6.07) is 2.97. The first-order valence-electron chi connectivity index (χ1n) is 6.84. The number of alkyl halides is 3. The first kappa shape index (κ1) is 16.7. The van der Waals surface area contributed by atoms with Crippen molar-refractivity contribution in [3.05, 3.63) is 24.5 Å². The smallest absolute Gasteiger partial charge is 0.393 e. The Hall–Kier alpha value is -2.14. The average Bonchev–Trinajstić information content (AvgIpc) is 3.12. The Kier molecular flexibility index (Phi) is 3.79. The van der Waals surface area contributed by atoms with E-state index in [1.807, 2.05) is 0 Å². The van der Waals surface area contributed by atoms with Crippen LogP contribution >= 0.6 is 0 Å². The number of nitrogens with zero attached hydrogens (tertiary/aromatic N) is 2. The number of fused-ring (bicyclic) bond motifs is 1. The van der Waals surface area contributed by atoms with Gasteiger partial charge in [-0.05, 0) is 12.1 Å². The molecule has 0 radical (unpaired) electrons. The largest absolute Gasteiger partial charge is 0.481 e. The first-order chi connectivity index (χ1) is 11.1. The van der Waals surface area contributed by atoms with Crippen LogP contribution < -0.4 is 0 Å². The molecule has 0 amide bonds. The van der Waals surface area contributed by atoms with Crippen molar-refractivity contribution < 1.29 is 31.5 Å². The molecule has 2 atom stereocenters. The third-order valence-corrected chi connectivity index (χ3v) is 5.93. The molecule has 1 aliphatic heterocycles. The molecule has 0 spiro atoms. The fourth-order valence-corrected chi connectivity index (χ4v) is 4.47. The zero-order valence-corrected chi connectivity index (χ0v) is 12.8. The van der Waals surface area contributed by atoms with Gasteiger partial charge in [-0.3, -0.25) is 4.79 Å². The summed E-state index contributed by atoms with van der Waals surface area (Å²) < 4.78 is 65.0. The fraction of sp³-hybridized carbons (Fsp3) is 0.385. The number of pyridine rings is 1. The maximum Gasteiger partial charge on any atom is 0.393 e. The van der Waals surface area contributed by atoms with Crippen LogP contribution in [-0.2, 0) is 14.8 Å². The van der Waals surface area contributed by atoms with Gasteiger partial charge in [-0.1, -0.05) is 0 Å². The second-order valence-corrected chi connectivity index (χ2v) is 7.37. The van der Waals surface area contributed by atoms with Gasteiger partial charge in [-0.25, -0.2) is 13.4 Å². The maximum absolute atomic E-state index is 13.0. The topological polar surface area (TPSA) is 103 Å². The van der Waals surface area contributed by atoms with E-state index in [2.05, 4.69) is 9.97 Å². The van der Waals surface area contributed by atoms with Crippen LogP contribution in [0.25, 0.3) is 11.0 Å². The summed E-state index contributed by atoms with van der Waals surface area (Å²) in [6.45, 7) is -1.65. The van der Waals surface area contributed by atoms with Crippen LogP contribution in [0.3, 0.4) is 0 Å². The number of carbonyl (C=O) groups is 1. The van der Waals surface area contributed by atoms with Gasteiger partial charge in [0.25, 0.3) is 0 Å². The van der Waals surface area contributed by atoms with E-state index in [0.29, 0.717) is 4.31 Å². The van der Waals surface area contributed by atoms with Gasteiger partial charge in [0.05, 0.1) is 11.8 Å². The van der Waals surface area contributed by atoms with Crippen LogP contribution in [0.15, 0.2) is 29.4 Å². The Morgan fingerprint density at radius 1 is 1.38 bits per heavy atom. The van der Waals surface area contributed by atoms with Crippen molar-refractivity contribution in [3.8, 4) is 0 Å². The summed E-state index contributed by atoms with van der Waals surface area (Å²) in [7, 11) is -4.28. The Morgan fingerprint density at radius 3 is 2.67 bits per heavy atom. The van der Waals surface area contributed by atoms with Crippen molar-refractivity contribution >= 4 is 27.0 Å². The van der Waals surface area contributed by atoms with Gasteiger partial charge in [0.1, 0.15) is 10.5 Å². The molecule has 130 valence electrons. The highest BCUT2D eigenvalue weighted by atomic mass is 32.2. The lowest BCUT2D eigenvalue weighted by molar-refractivity contribution is -0.187. The number of sulfonamides is 1. The summed E-state index contributed by atoms with van der Waals surface area (Å²) in [5.41, 5.74) is 0.275. The number of aromatic nitrogens is 2. The summed E-state index contributed by atoms with van der Waals surface area (Å²) >= 11 is 0. The Balaban J connectivity index is 2.00. The number of nitrogens with one attached hydrogen (secondary N) is 1. The first-order valence-corrected chi connectivity index (χ1v) is 8.28. The molecule has 24 heavy (non-hydrogen) atoms. The van der Waals surface area contributed by atoms with E-state index >= 15 is 0 Å². The van der Waals surface area contributed by atoms with Gasteiger partial charge in [0.15, 0.2) is 0 Å². The lowest BCUT2D eigenvalue weighted by atomic mass is 9.96. The molecular weight excluding hydrogens is 351 g/mol. The van der Waals surface area contributed by atoms with Gasteiger partial charge >= 0.3 is 12.1 Å². The third-order valence-electron chi connectivity index (χ3n) is 4.05. The zero-order valence-electron chi connectivity index (χ0n) is 12.0. The normalized spacial score (nSPS) is 23.0. The number of rotatable bonds is 3. The fourth-order valence-electron chi connectivity index (χ4n) is 2.83. The number of carboxylic acids is 1. The molecule has 0 aliphatic carbocycles. The zero-order chi connectivity index (χ0) is 17.7. The van der Waals surface area contributed by atoms with E-state index in [1.54, 1.807) is 0 Å². The van der Waals surface area contributed by atoms with Crippen LogP contribution in [0, 0.1) is 11.8 Å². The molecule has 0 unspecified atom stereocenters. The number of H-pyrrole nitrogens is 1. The lowest BCUT2D eigenvalue weighted by Crippen LogP contribution is -2.34. The molecule has 0 saturated carbocycles. The molecule has 0 bridgehead atoms. The molecule has 2 aromatic heterocycles. The summed E-state index contributed by atoms with van der Waals surface area (Å²) in [4.78, 5) is 17.4. The minimum absolute atomic E-state index is 0.224. The molecule has 1 fully saturated rings. The standard InChI is InChI=1S/C13H12F3N3O4S/c14-13(15,16)9-6-19(5-8(9)12(20)21)24(22,23)10-4-18-11-7(10)2-1-3-17-11/h1-4,8-9H,5-6H2,(H,17,18)(H,20,21)/t8-,9-/m1/s1. The number of aromatic amines is 1. The van der Waals surface area contributed by atoms with Gasteiger partial charge in [0.2, 0.25) is 10.0 Å².